The minimum atomic E-state index is 0.336. The van der Waals surface area contributed by atoms with Crippen molar-refractivity contribution in [3.8, 4) is 5.75 Å². The van der Waals surface area contributed by atoms with E-state index in [0.29, 0.717) is 12.0 Å². The van der Waals surface area contributed by atoms with Gasteiger partial charge in [-0.15, -0.1) is 0 Å². The van der Waals surface area contributed by atoms with Gasteiger partial charge in [-0.3, -0.25) is 0 Å². The van der Waals surface area contributed by atoms with Crippen LogP contribution in [0, 0.1) is 6.92 Å². The molecular formula is C15H23NO. The fraction of sp³-hybridized carbons (Fsp3) is 0.600. The van der Waals surface area contributed by atoms with Crippen molar-refractivity contribution in [2.75, 3.05) is 13.1 Å². The van der Waals surface area contributed by atoms with E-state index in [1.54, 1.807) is 0 Å². The van der Waals surface area contributed by atoms with Crippen molar-refractivity contribution in [1.29, 1.82) is 0 Å². The molecule has 2 nitrogen and oxygen atoms in total. The lowest BCUT2D eigenvalue weighted by Crippen LogP contribution is -2.37. The molecular weight excluding hydrogens is 210 g/mol. The van der Waals surface area contributed by atoms with Gasteiger partial charge in [0.25, 0.3) is 0 Å². The Labute approximate surface area is 104 Å². The average molecular weight is 233 g/mol. The molecule has 0 radical (unpaired) electrons. The maximum atomic E-state index is 6.17. The summed E-state index contributed by atoms with van der Waals surface area (Å²) in [6.45, 7) is 8.67. The molecule has 1 unspecified atom stereocenters. The van der Waals surface area contributed by atoms with Crippen LogP contribution in [-0.2, 0) is 0 Å². The van der Waals surface area contributed by atoms with Gasteiger partial charge < -0.3 is 10.1 Å². The molecule has 0 aromatic heterocycles. The fourth-order valence-corrected chi connectivity index (χ4v) is 2.32. The molecule has 2 heteroatoms. The first kappa shape index (κ1) is 12.4. The monoisotopic (exact) mass is 233 g/mol. The van der Waals surface area contributed by atoms with Crippen LogP contribution in [0.5, 0.6) is 5.75 Å². The molecule has 1 atom stereocenters. The summed E-state index contributed by atoms with van der Waals surface area (Å²) in [6, 6.07) is 6.54. The zero-order valence-corrected chi connectivity index (χ0v) is 11.1. The average Bonchev–Trinajstić information content (AvgIpc) is 2.30. The normalized spacial score (nSPS) is 20.6. The molecule has 1 aliphatic heterocycles. The van der Waals surface area contributed by atoms with Crippen molar-refractivity contribution in [2.24, 2.45) is 0 Å². The summed E-state index contributed by atoms with van der Waals surface area (Å²) in [5.74, 6) is 1.59. The lowest BCUT2D eigenvalue weighted by atomic mass is 10.0. The largest absolute Gasteiger partial charge is 0.489 e. The Kier molecular flexibility index (Phi) is 4.06. The van der Waals surface area contributed by atoms with Gasteiger partial charge in [-0.05, 0) is 49.4 Å². The number of rotatable bonds is 3. The van der Waals surface area contributed by atoms with Gasteiger partial charge in [-0.2, -0.15) is 0 Å². The molecule has 1 aliphatic rings. The Morgan fingerprint density at radius 1 is 1.35 bits per heavy atom. The molecule has 1 N–H and O–H groups in total. The number of benzene rings is 1. The van der Waals surface area contributed by atoms with Crippen molar-refractivity contribution in [1.82, 2.24) is 5.32 Å². The highest BCUT2D eigenvalue weighted by Gasteiger charge is 2.17. The van der Waals surface area contributed by atoms with Crippen LogP contribution in [0.2, 0.25) is 0 Å². The molecule has 1 aromatic carbocycles. The van der Waals surface area contributed by atoms with Gasteiger partial charge in [0.15, 0.2) is 0 Å². The third-order valence-electron chi connectivity index (χ3n) is 3.34. The highest BCUT2D eigenvalue weighted by molar-refractivity contribution is 5.39. The van der Waals surface area contributed by atoms with E-state index in [-0.39, 0.29) is 0 Å². The molecule has 0 spiro atoms. The second-order valence-electron chi connectivity index (χ2n) is 5.28. The Hall–Kier alpha value is -1.02. The van der Waals surface area contributed by atoms with Crippen molar-refractivity contribution in [2.45, 2.75) is 45.6 Å². The summed E-state index contributed by atoms with van der Waals surface area (Å²) in [7, 11) is 0. The highest BCUT2D eigenvalue weighted by atomic mass is 16.5. The first-order valence-corrected chi connectivity index (χ1v) is 6.64. The van der Waals surface area contributed by atoms with Gasteiger partial charge in [0.05, 0.1) is 0 Å². The van der Waals surface area contributed by atoms with Crippen molar-refractivity contribution < 1.29 is 4.74 Å². The Balaban J connectivity index is 2.14. The maximum Gasteiger partial charge on any atom is 0.123 e. The number of hydrogen-bond donors (Lipinski definition) is 1. The second kappa shape index (κ2) is 5.54. The number of piperidine rings is 1. The van der Waals surface area contributed by atoms with Crippen LogP contribution in [0.3, 0.4) is 0 Å². The van der Waals surface area contributed by atoms with E-state index in [1.165, 1.54) is 24.0 Å². The van der Waals surface area contributed by atoms with E-state index in [2.05, 4.69) is 44.3 Å². The Morgan fingerprint density at radius 3 is 2.82 bits per heavy atom. The standard InChI is InChI=1S/C15H23NO/c1-11(2)14-7-6-12(3)9-15(14)17-13-5-4-8-16-10-13/h6-7,9,11,13,16H,4-5,8,10H2,1-3H3. The van der Waals surface area contributed by atoms with E-state index in [1.807, 2.05) is 0 Å². The zero-order valence-electron chi connectivity index (χ0n) is 11.1. The molecule has 1 heterocycles. The molecule has 1 aromatic rings. The molecule has 1 fully saturated rings. The third kappa shape index (κ3) is 3.22. The van der Waals surface area contributed by atoms with Crippen LogP contribution < -0.4 is 10.1 Å². The molecule has 17 heavy (non-hydrogen) atoms. The maximum absolute atomic E-state index is 6.17. The van der Waals surface area contributed by atoms with E-state index < -0.39 is 0 Å². The van der Waals surface area contributed by atoms with Gasteiger partial charge in [-0.1, -0.05) is 26.0 Å². The number of ether oxygens (including phenoxy) is 1. The molecule has 0 amide bonds. The van der Waals surface area contributed by atoms with Crippen LogP contribution in [0.25, 0.3) is 0 Å². The van der Waals surface area contributed by atoms with E-state index in [4.69, 9.17) is 4.74 Å². The fourth-order valence-electron chi connectivity index (χ4n) is 2.32. The Bertz CT molecular complexity index is 367. The van der Waals surface area contributed by atoms with Gasteiger partial charge in [-0.25, -0.2) is 0 Å². The van der Waals surface area contributed by atoms with Crippen molar-refractivity contribution >= 4 is 0 Å². The lowest BCUT2D eigenvalue weighted by Gasteiger charge is -2.26. The summed E-state index contributed by atoms with van der Waals surface area (Å²) in [6.07, 6.45) is 2.72. The molecule has 0 saturated carbocycles. The SMILES string of the molecule is Cc1ccc(C(C)C)c(OC2CCCNC2)c1. The summed E-state index contributed by atoms with van der Waals surface area (Å²) in [5.41, 5.74) is 2.59. The van der Waals surface area contributed by atoms with E-state index in [9.17, 15) is 0 Å². The molecule has 2 rings (SSSR count). The second-order valence-corrected chi connectivity index (χ2v) is 5.28. The van der Waals surface area contributed by atoms with Crippen LogP contribution in [0.1, 0.15) is 43.7 Å². The third-order valence-corrected chi connectivity index (χ3v) is 3.34. The van der Waals surface area contributed by atoms with E-state index in [0.717, 1.165) is 18.8 Å². The predicted octanol–water partition coefficient (Wildman–Crippen LogP) is 3.25. The van der Waals surface area contributed by atoms with Gasteiger partial charge in [0.2, 0.25) is 0 Å². The predicted molar refractivity (Wildman–Crippen MR) is 71.8 cm³/mol. The minimum absolute atomic E-state index is 0.336. The van der Waals surface area contributed by atoms with Crippen LogP contribution in [-0.4, -0.2) is 19.2 Å². The van der Waals surface area contributed by atoms with Crippen LogP contribution in [0.4, 0.5) is 0 Å². The zero-order chi connectivity index (χ0) is 12.3. The highest BCUT2D eigenvalue weighted by Crippen LogP contribution is 2.29. The quantitative estimate of drug-likeness (QED) is 0.865. The molecule has 94 valence electrons. The molecule has 0 aliphatic carbocycles. The first-order chi connectivity index (χ1) is 8.16. The molecule has 0 bridgehead atoms. The summed E-state index contributed by atoms with van der Waals surface area (Å²) >= 11 is 0. The number of hydrogen-bond acceptors (Lipinski definition) is 2. The summed E-state index contributed by atoms with van der Waals surface area (Å²) in [5, 5.41) is 3.39. The smallest absolute Gasteiger partial charge is 0.123 e. The summed E-state index contributed by atoms with van der Waals surface area (Å²) < 4.78 is 6.17. The van der Waals surface area contributed by atoms with Gasteiger partial charge in [0.1, 0.15) is 11.9 Å². The lowest BCUT2D eigenvalue weighted by molar-refractivity contribution is 0.165. The van der Waals surface area contributed by atoms with Gasteiger partial charge in [0, 0.05) is 6.54 Å². The molecule has 1 saturated heterocycles. The van der Waals surface area contributed by atoms with Crippen molar-refractivity contribution in [3.63, 3.8) is 0 Å². The Morgan fingerprint density at radius 2 is 2.18 bits per heavy atom. The van der Waals surface area contributed by atoms with Crippen LogP contribution in [0.15, 0.2) is 18.2 Å². The van der Waals surface area contributed by atoms with Crippen LogP contribution >= 0.6 is 0 Å². The number of nitrogens with one attached hydrogen (secondary N) is 1. The topological polar surface area (TPSA) is 21.3 Å². The van der Waals surface area contributed by atoms with E-state index >= 15 is 0 Å². The van der Waals surface area contributed by atoms with Crippen molar-refractivity contribution in [3.05, 3.63) is 29.3 Å². The first-order valence-electron chi connectivity index (χ1n) is 6.64. The number of aryl methyl sites for hydroxylation is 1. The van der Waals surface area contributed by atoms with Gasteiger partial charge >= 0.3 is 0 Å². The summed E-state index contributed by atoms with van der Waals surface area (Å²) in [4.78, 5) is 0. The minimum Gasteiger partial charge on any atom is -0.489 e.